The van der Waals surface area contributed by atoms with E-state index in [1.54, 1.807) is 11.1 Å². The molecule has 0 aliphatic carbocycles. The van der Waals surface area contributed by atoms with Crippen molar-refractivity contribution in [1.29, 1.82) is 0 Å². The number of hydrogen-bond acceptors (Lipinski definition) is 5. The largest absolute Gasteiger partial charge is 0.305 e. The molecule has 24 heavy (non-hydrogen) atoms. The summed E-state index contributed by atoms with van der Waals surface area (Å²) >= 11 is 2.84. The van der Waals surface area contributed by atoms with Crippen LogP contribution in [0.3, 0.4) is 0 Å². The van der Waals surface area contributed by atoms with Gasteiger partial charge in [0, 0.05) is 41.0 Å². The maximum Gasteiger partial charge on any atom is 0.269 e. The zero-order chi connectivity index (χ0) is 17.1. The number of thiophene rings is 1. The molecular formula is C16H17F2N3OS2. The molecule has 128 valence electrons. The van der Waals surface area contributed by atoms with Gasteiger partial charge in [-0.05, 0) is 37.0 Å². The Morgan fingerprint density at radius 3 is 2.67 bits per heavy atom. The summed E-state index contributed by atoms with van der Waals surface area (Å²) in [6, 6.07) is 1.83. The van der Waals surface area contributed by atoms with Crippen molar-refractivity contribution in [1.82, 2.24) is 9.27 Å². The van der Waals surface area contributed by atoms with E-state index >= 15 is 8.78 Å². The van der Waals surface area contributed by atoms with E-state index in [1.807, 2.05) is 25.3 Å². The Morgan fingerprint density at radius 1 is 1.29 bits per heavy atom. The zero-order valence-electron chi connectivity index (χ0n) is 13.4. The van der Waals surface area contributed by atoms with Gasteiger partial charge in [-0.1, -0.05) is 0 Å². The SMILES string of the molecule is Cc1cc(N2C[C@@]3(F)CN(Cc4cnsc4)C[C@@]3(F)C2=O)c(C)s1. The van der Waals surface area contributed by atoms with Gasteiger partial charge in [0.1, 0.15) is 0 Å². The number of nitrogens with zero attached hydrogens (tertiary/aromatic N) is 3. The fourth-order valence-electron chi connectivity index (χ4n) is 3.71. The van der Waals surface area contributed by atoms with Gasteiger partial charge in [0.05, 0.1) is 12.2 Å². The summed E-state index contributed by atoms with van der Waals surface area (Å²) < 4.78 is 34.8. The minimum atomic E-state index is -2.47. The number of aromatic nitrogens is 1. The van der Waals surface area contributed by atoms with Crippen LogP contribution in [0.1, 0.15) is 15.3 Å². The van der Waals surface area contributed by atoms with Crippen molar-refractivity contribution in [2.45, 2.75) is 31.7 Å². The zero-order valence-corrected chi connectivity index (χ0v) is 15.0. The van der Waals surface area contributed by atoms with Gasteiger partial charge >= 0.3 is 0 Å². The van der Waals surface area contributed by atoms with E-state index in [9.17, 15) is 4.79 Å². The first-order valence-corrected chi connectivity index (χ1v) is 9.35. The highest BCUT2D eigenvalue weighted by atomic mass is 32.1. The molecule has 2 aliphatic rings. The van der Waals surface area contributed by atoms with Crippen LogP contribution in [0.5, 0.6) is 0 Å². The fraction of sp³-hybridized carbons (Fsp3) is 0.500. The van der Waals surface area contributed by atoms with Crippen molar-refractivity contribution in [3.63, 3.8) is 0 Å². The average molecular weight is 369 g/mol. The van der Waals surface area contributed by atoms with Gasteiger partial charge in [-0.2, -0.15) is 0 Å². The molecule has 0 N–H and O–H groups in total. The number of carbonyl (C=O) groups excluding carboxylic acids is 1. The molecule has 0 spiro atoms. The second-order valence-electron chi connectivity index (χ2n) is 6.63. The molecule has 4 heterocycles. The molecule has 0 aromatic carbocycles. The molecule has 2 aromatic heterocycles. The molecule has 2 aliphatic heterocycles. The van der Waals surface area contributed by atoms with Gasteiger partial charge in [-0.3, -0.25) is 9.69 Å². The third-order valence-electron chi connectivity index (χ3n) is 4.81. The summed E-state index contributed by atoms with van der Waals surface area (Å²) in [6.45, 7) is 3.70. The van der Waals surface area contributed by atoms with E-state index in [0.29, 0.717) is 12.2 Å². The van der Waals surface area contributed by atoms with Crippen molar-refractivity contribution in [3.8, 4) is 0 Å². The monoisotopic (exact) mass is 369 g/mol. The highest BCUT2D eigenvalue weighted by Gasteiger charge is 2.71. The minimum absolute atomic E-state index is 0.0796. The van der Waals surface area contributed by atoms with Crippen molar-refractivity contribution in [2.75, 3.05) is 24.5 Å². The Labute approximate surface area is 146 Å². The number of halogens is 2. The summed E-state index contributed by atoms with van der Waals surface area (Å²) in [4.78, 5) is 17.6. The van der Waals surface area contributed by atoms with Gasteiger partial charge in [0.2, 0.25) is 5.67 Å². The Bertz CT molecular complexity index is 793. The predicted octanol–water partition coefficient (Wildman–Crippen LogP) is 3.10. The third-order valence-corrected chi connectivity index (χ3v) is 6.40. The normalized spacial score (nSPS) is 30.3. The first-order chi connectivity index (χ1) is 11.3. The van der Waals surface area contributed by atoms with E-state index in [-0.39, 0.29) is 19.6 Å². The Kier molecular flexibility index (Phi) is 3.56. The van der Waals surface area contributed by atoms with E-state index in [1.165, 1.54) is 27.8 Å². The average Bonchev–Trinajstić information content (AvgIpc) is 3.20. The van der Waals surface area contributed by atoms with Crippen LogP contribution in [-0.4, -0.2) is 46.2 Å². The van der Waals surface area contributed by atoms with Crippen LogP contribution in [0, 0.1) is 13.8 Å². The molecule has 0 bridgehead atoms. The van der Waals surface area contributed by atoms with E-state index < -0.39 is 17.2 Å². The lowest BCUT2D eigenvalue weighted by Gasteiger charge is -2.22. The van der Waals surface area contributed by atoms with Crippen LogP contribution in [0.4, 0.5) is 14.5 Å². The number of anilines is 1. The summed E-state index contributed by atoms with van der Waals surface area (Å²) in [5.41, 5.74) is -3.09. The molecule has 0 unspecified atom stereocenters. The van der Waals surface area contributed by atoms with Crippen LogP contribution in [0.2, 0.25) is 0 Å². The van der Waals surface area contributed by atoms with Crippen molar-refractivity contribution >= 4 is 34.5 Å². The van der Waals surface area contributed by atoms with E-state index in [2.05, 4.69) is 4.37 Å². The molecule has 1 amide bonds. The Hall–Kier alpha value is -1.38. The molecule has 4 nitrogen and oxygen atoms in total. The van der Waals surface area contributed by atoms with Crippen molar-refractivity contribution < 1.29 is 13.6 Å². The molecule has 2 fully saturated rings. The van der Waals surface area contributed by atoms with Crippen molar-refractivity contribution in [2.24, 2.45) is 0 Å². The van der Waals surface area contributed by atoms with Gasteiger partial charge in [0.15, 0.2) is 5.67 Å². The maximum atomic E-state index is 15.4. The van der Waals surface area contributed by atoms with Gasteiger partial charge in [-0.25, -0.2) is 13.2 Å². The minimum Gasteiger partial charge on any atom is -0.305 e. The number of likely N-dealkylation sites (tertiary alicyclic amines) is 1. The first-order valence-electron chi connectivity index (χ1n) is 7.70. The lowest BCUT2D eigenvalue weighted by molar-refractivity contribution is -0.130. The van der Waals surface area contributed by atoms with Crippen LogP contribution in [0.25, 0.3) is 0 Å². The van der Waals surface area contributed by atoms with E-state index in [0.717, 1.165) is 15.3 Å². The maximum absolute atomic E-state index is 15.4. The quantitative estimate of drug-likeness (QED) is 0.834. The van der Waals surface area contributed by atoms with Gasteiger partial charge in [-0.15, -0.1) is 11.3 Å². The Morgan fingerprint density at radius 2 is 2.08 bits per heavy atom. The van der Waals surface area contributed by atoms with Crippen molar-refractivity contribution in [3.05, 3.63) is 33.0 Å². The fourth-order valence-corrected chi connectivity index (χ4v) is 5.17. The number of fused-ring (bicyclic) bond motifs is 1. The topological polar surface area (TPSA) is 36.4 Å². The van der Waals surface area contributed by atoms with Crippen LogP contribution >= 0.6 is 22.9 Å². The number of hydrogen-bond donors (Lipinski definition) is 0. The lowest BCUT2D eigenvalue weighted by atomic mass is 9.93. The summed E-state index contributed by atoms with van der Waals surface area (Å²) in [5, 5.41) is 1.86. The first kappa shape index (κ1) is 16.1. The van der Waals surface area contributed by atoms with Gasteiger partial charge in [0.25, 0.3) is 5.91 Å². The summed E-state index contributed by atoms with van der Waals surface area (Å²) in [5.74, 6) is -0.753. The molecule has 4 rings (SSSR count). The van der Waals surface area contributed by atoms with Crippen LogP contribution < -0.4 is 4.90 Å². The van der Waals surface area contributed by atoms with Gasteiger partial charge < -0.3 is 4.90 Å². The standard InChI is InChI=1S/C16H17F2N3OS2/c1-10-3-13(11(2)24-10)21-8-15(17)7-20(5-12-4-19-23-6-12)9-16(15,18)14(21)22/h3-4,6H,5,7-9H2,1-2H3/t15-,16+/m0/s1. The molecule has 2 aromatic rings. The highest BCUT2D eigenvalue weighted by molar-refractivity contribution is 7.12. The summed E-state index contributed by atoms with van der Waals surface area (Å²) in [6.07, 6.45) is 1.69. The number of carbonyl (C=O) groups is 1. The summed E-state index contributed by atoms with van der Waals surface area (Å²) in [7, 11) is 0. The predicted molar refractivity (Wildman–Crippen MR) is 91.2 cm³/mol. The van der Waals surface area contributed by atoms with Crippen LogP contribution in [0.15, 0.2) is 17.6 Å². The third kappa shape index (κ3) is 2.23. The Balaban J connectivity index is 1.60. The molecule has 2 atom stereocenters. The second-order valence-corrected chi connectivity index (χ2v) is 8.75. The number of aryl methyl sites for hydroxylation is 2. The molecular weight excluding hydrogens is 352 g/mol. The number of rotatable bonds is 3. The molecule has 8 heteroatoms. The smallest absolute Gasteiger partial charge is 0.269 e. The number of amides is 1. The molecule has 0 saturated carbocycles. The second kappa shape index (κ2) is 5.31. The molecule has 0 radical (unpaired) electrons. The number of alkyl halides is 2. The van der Waals surface area contributed by atoms with E-state index in [4.69, 9.17) is 0 Å². The highest BCUT2D eigenvalue weighted by Crippen LogP contribution is 2.48. The molecule has 2 saturated heterocycles. The van der Waals surface area contributed by atoms with Crippen LogP contribution in [-0.2, 0) is 11.3 Å². The lowest BCUT2D eigenvalue weighted by Crippen LogP contribution is -2.47.